The first-order chi connectivity index (χ1) is 8.66. The number of rotatable bonds is 5. The van der Waals surface area contributed by atoms with Crippen molar-refractivity contribution in [1.82, 2.24) is 5.32 Å². The van der Waals surface area contributed by atoms with Gasteiger partial charge in [-0.15, -0.1) is 0 Å². The van der Waals surface area contributed by atoms with Gasteiger partial charge in [0, 0.05) is 6.54 Å². The number of carbonyl (C=O) groups is 2. The molecule has 1 saturated carbocycles. The molecule has 0 saturated heterocycles. The van der Waals surface area contributed by atoms with E-state index in [1.165, 1.54) is 0 Å². The van der Waals surface area contributed by atoms with E-state index in [0.29, 0.717) is 13.0 Å². The van der Waals surface area contributed by atoms with Gasteiger partial charge in [-0.05, 0) is 17.9 Å². The number of carboxylic acids is 1. The fraction of sp³-hybridized carbons (Fsp3) is 0.385. The van der Waals surface area contributed by atoms with Crippen molar-refractivity contribution in [2.75, 3.05) is 6.54 Å². The number of benzene rings is 1. The maximum Gasteiger partial charge on any atom is 0.407 e. The number of nitrogens with one attached hydrogen (secondary N) is 1. The minimum atomic E-state index is -0.792. The maximum absolute atomic E-state index is 11.3. The lowest BCUT2D eigenvalue weighted by molar-refractivity contribution is -0.138. The molecule has 0 aromatic heterocycles. The zero-order chi connectivity index (χ0) is 13.0. The molecule has 2 N–H and O–H groups in total. The van der Waals surface area contributed by atoms with Crippen molar-refractivity contribution < 1.29 is 19.4 Å². The van der Waals surface area contributed by atoms with Gasteiger partial charge in [-0.25, -0.2) is 4.79 Å². The first-order valence-corrected chi connectivity index (χ1v) is 5.84. The number of alkyl carbamates (subject to hydrolysis) is 1. The second-order valence-electron chi connectivity index (χ2n) is 4.38. The van der Waals surface area contributed by atoms with E-state index in [0.717, 1.165) is 5.56 Å². The van der Waals surface area contributed by atoms with Crippen LogP contribution in [0.25, 0.3) is 0 Å². The molecule has 5 heteroatoms. The summed E-state index contributed by atoms with van der Waals surface area (Å²) in [5.74, 6) is -1.05. The Morgan fingerprint density at radius 2 is 2.06 bits per heavy atom. The van der Waals surface area contributed by atoms with Crippen LogP contribution in [0.15, 0.2) is 30.3 Å². The first kappa shape index (κ1) is 12.4. The summed E-state index contributed by atoms with van der Waals surface area (Å²) in [7, 11) is 0. The molecular formula is C13H15NO4. The Morgan fingerprint density at radius 1 is 1.33 bits per heavy atom. The molecule has 0 unspecified atom stereocenters. The van der Waals surface area contributed by atoms with E-state index in [1.807, 2.05) is 30.3 Å². The number of carbonyl (C=O) groups excluding carboxylic acids is 1. The predicted octanol–water partition coefficient (Wildman–Crippen LogP) is 1.63. The molecule has 1 amide bonds. The summed E-state index contributed by atoms with van der Waals surface area (Å²) in [4.78, 5) is 21.9. The Hall–Kier alpha value is -2.04. The molecule has 5 nitrogen and oxygen atoms in total. The largest absolute Gasteiger partial charge is 0.481 e. The van der Waals surface area contributed by atoms with Gasteiger partial charge >= 0.3 is 12.1 Å². The summed E-state index contributed by atoms with van der Waals surface area (Å²) in [5.41, 5.74) is 0.919. The summed E-state index contributed by atoms with van der Waals surface area (Å²) in [5, 5.41) is 11.3. The smallest absolute Gasteiger partial charge is 0.407 e. The molecule has 1 fully saturated rings. The summed E-state index contributed by atoms with van der Waals surface area (Å²) in [6.07, 6.45) is 0.129. The number of hydrogen-bond donors (Lipinski definition) is 2. The third-order valence-electron chi connectivity index (χ3n) is 2.96. The molecule has 0 radical (unpaired) electrons. The topological polar surface area (TPSA) is 75.6 Å². The van der Waals surface area contributed by atoms with Crippen LogP contribution in [-0.2, 0) is 16.1 Å². The molecule has 2 atom stereocenters. The predicted molar refractivity (Wildman–Crippen MR) is 63.9 cm³/mol. The average molecular weight is 249 g/mol. The van der Waals surface area contributed by atoms with Crippen molar-refractivity contribution in [2.24, 2.45) is 11.8 Å². The number of amides is 1. The van der Waals surface area contributed by atoms with Gasteiger partial charge in [-0.1, -0.05) is 30.3 Å². The van der Waals surface area contributed by atoms with Gasteiger partial charge in [0.15, 0.2) is 0 Å². The van der Waals surface area contributed by atoms with Gasteiger partial charge in [-0.2, -0.15) is 0 Å². The molecule has 1 aromatic carbocycles. The Morgan fingerprint density at radius 3 is 2.67 bits per heavy atom. The highest BCUT2D eigenvalue weighted by Gasteiger charge is 2.43. The third-order valence-corrected chi connectivity index (χ3v) is 2.96. The van der Waals surface area contributed by atoms with Gasteiger partial charge in [0.2, 0.25) is 0 Å². The van der Waals surface area contributed by atoms with Crippen molar-refractivity contribution in [1.29, 1.82) is 0 Å². The number of hydrogen-bond acceptors (Lipinski definition) is 3. The molecule has 0 bridgehead atoms. The first-order valence-electron chi connectivity index (χ1n) is 5.84. The number of aliphatic carboxylic acids is 1. The quantitative estimate of drug-likeness (QED) is 0.831. The van der Waals surface area contributed by atoms with Crippen LogP contribution >= 0.6 is 0 Å². The second kappa shape index (κ2) is 5.53. The van der Waals surface area contributed by atoms with Gasteiger partial charge in [-0.3, -0.25) is 4.79 Å². The lowest BCUT2D eigenvalue weighted by atomic mass is 10.2. The van der Waals surface area contributed by atoms with Crippen LogP contribution in [0.4, 0.5) is 4.79 Å². The molecule has 96 valence electrons. The molecule has 1 aromatic rings. The minimum absolute atomic E-state index is 0.0479. The Balaban J connectivity index is 1.63. The van der Waals surface area contributed by atoms with Crippen LogP contribution in [0.2, 0.25) is 0 Å². The van der Waals surface area contributed by atoms with Crippen molar-refractivity contribution >= 4 is 12.1 Å². The van der Waals surface area contributed by atoms with E-state index in [2.05, 4.69) is 5.32 Å². The van der Waals surface area contributed by atoms with Crippen LogP contribution in [0.5, 0.6) is 0 Å². The van der Waals surface area contributed by atoms with Crippen LogP contribution < -0.4 is 5.32 Å². The standard InChI is InChI=1S/C13H15NO4/c15-12(16)11-6-10(11)7-14-13(17)18-8-9-4-2-1-3-5-9/h1-5,10-11H,6-8H2,(H,14,17)(H,15,16)/t10-,11+/m1/s1. The monoisotopic (exact) mass is 249 g/mol. The highest BCUT2D eigenvalue weighted by atomic mass is 16.5. The molecule has 0 spiro atoms. The van der Waals surface area contributed by atoms with Crippen LogP contribution in [0, 0.1) is 11.8 Å². The number of carboxylic acid groups (broad SMARTS) is 1. The van der Waals surface area contributed by atoms with E-state index in [4.69, 9.17) is 9.84 Å². The van der Waals surface area contributed by atoms with E-state index in [9.17, 15) is 9.59 Å². The Kier molecular flexibility index (Phi) is 3.82. The van der Waals surface area contributed by atoms with E-state index >= 15 is 0 Å². The SMILES string of the molecule is O=C(NC[C@H]1C[C@@H]1C(=O)O)OCc1ccccc1. The summed E-state index contributed by atoms with van der Waals surface area (Å²) in [6, 6.07) is 9.38. The number of ether oxygens (including phenoxy) is 1. The van der Waals surface area contributed by atoms with Crippen molar-refractivity contribution in [2.45, 2.75) is 13.0 Å². The molecule has 2 rings (SSSR count). The van der Waals surface area contributed by atoms with Crippen LogP contribution in [0.1, 0.15) is 12.0 Å². The van der Waals surface area contributed by atoms with Gasteiger partial charge in [0.05, 0.1) is 5.92 Å². The van der Waals surface area contributed by atoms with E-state index in [-0.39, 0.29) is 18.4 Å². The van der Waals surface area contributed by atoms with Crippen molar-refractivity contribution in [3.05, 3.63) is 35.9 Å². The van der Waals surface area contributed by atoms with Crippen molar-refractivity contribution in [3.8, 4) is 0 Å². The highest BCUT2D eigenvalue weighted by Crippen LogP contribution is 2.37. The van der Waals surface area contributed by atoms with Crippen LogP contribution in [-0.4, -0.2) is 23.7 Å². The minimum Gasteiger partial charge on any atom is -0.481 e. The molecule has 0 heterocycles. The molecular weight excluding hydrogens is 234 g/mol. The maximum atomic E-state index is 11.3. The third kappa shape index (κ3) is 3.48. The van der Waals surface area contributed by atoms with E-state index in [1.54, 1.807) is 0 Å². The second-order valence-corrected chi connectivity index (χ2v) is 4.38. The molecule has 18 heavy (non-hydrogen) atoms. The van der Waals surface area contributed by atoms with Gasteiger partial charge in [0.25, 0.3) is 0 Å². The van der Waals surface area contributed by atoms with Gasteiger partial charge in [0.1, 0.15) is 6.61 Å². The van der Waals surface area contributed by atoms with Crippen LogP contribution in [0.3, 0.4) is 0 Å². The zero-order valence-corrected chi connectivity index (χ0v) is 9.83. The fourth-order valence-corrected chi connectivity index (χ4v) is 1.76. The highest BCUT2D eigenvalue weighted by molar-refractivity contribution is 5.74. The average Bonchev–Trinajstić information content (AvgIpc) is 3.15. The lowest BCUT2D eigenvalue weighted by Crippen LogP contribution is -2.27. The van der Waals surface area contributed by atoms with Crippen molar-refractivity contribution in [3.63, 3.8) is 0 Å². The van der Waals surface area contributed by atoms with E-state index < -0.39 is 12.1 Å². The summed E-state index contributed by atoms with van der Waals surface area (Å²) < 4.78 is 5.00. The molecule has 1 aliphatic rings. The normalized spacial score (nSPS) is 21.1. The van der Waals surface area contributed by atoms with Gasteiger partial charge < -0.3 is 15.2 Å². The Bertz CT molecular complexity index is 432. The zero-order valence-electron chi connectivity index (χ0n) is 9.83. The molecule has 1 aliphatic carbocycles. The summed E-state index contributed by atoms with van der Waals surface area (Å²) >= 11 is 0. The lowest BCUT2D eigenvalue weighted by Gasteiger charge is -2.06. The Labute approximate surface area is 105 Å². The summed E-state index contributed by atoms with van der Waals surface area (Å²) in [6.45, 7) is 0.588. The molecule has 0 aliphatic heterocycles. The fourth-order valence-electron chi connectivity index (χ4n) is 1.76.